The average molecular weight is 314 g/mol. The van der Waals surface area contributed by atoms with E-state index in [4.69, 9.17) is 14.0 Å². The number of hydrogen-bond donors (Lipinski definition) is 1. The predicted octanol–water partition coefficient (Wildman–Crippen LogP) is -0.210. The molecule has 0 amide bonds. The van der Waals surface area contributed by atoms with Gasteiger partial charge in [-0.2, -0.15) is 8.42 Å². The normalized spacial score (nSPS) is 11.0. The summed E-state index contributed by atoms with van der Waals surface area (Å²) in [5, 5.41) is 0. The van der Waals surface area contributed by atoms with Crippen molar-refractivity contribution in [1.29, 1.82) is 0 Å². The maximum absolute atomic E-state index is 11.8. The van der Waals surface area contributed by atoms with Crippen molar-refractivity contribution in [3.8, 4) is 5.75 Å². The lowest BCUT2D eigenvalue weighted by molar-refractivity contribution is -0.131. The molecule has 0 aliphatic carbocycles. The van der Waals surface area contributed by atoms with Crippen molar-refractivity contribution in [2.75, 3.05) is 12.4 Å². The molecule has 0 saturated carbocycles. The quantitative estimate of drug-likeness (QED) is 0.335. The highest BCUT2D eigenvalue weighted by molar-refractivity contribution is 7.85. The van der Waals surface area contributed by atoms with E-state index < -0.39 is 34.4 Å². The Morgan fingerprint density at radius 3 is 2.52 bits per heavy atom. The van der Waals surface area contributed by atoms with Crippen LogP contribution in [0.3, 0.4) is 0 Å². The number of esters is 2. The van der Waals surface area contributed by atoms with Crippen LogP contribution in [-0.4, -0.2) is 45.1 Å². The van der Waals surface area contributed by atoms with Gasteiger partial charge in [-0.15, -0.1) is 0 Å². The van der Waals surface area contributed by atoms with Crippen molar-refractivity contribution in [1.82, 2.24) is 0 Å². The summed E-state index contributed by atoms with van der Waals surface area (Å²) in [5.74, 6) is -2.07. The third kappa shape index (κ3) is 5.96. The smallest absolute Gasteiger partial charge is 0.341 e. The number of carbonyl (C=O) groups is 2. The number of hydrogen-bond acceptors (Lipinski definition) is 6. The summed E-state index contributed by atoms with van der Waals surface area (Å²) in [6.45, 7) is 0.707. The van der Waals surface area contributed by atoms with Crippen LogP contribution in [0.2, 0.25) is 0 Å². The lowest BCUT2D eigenvalue weighted by atomic mass is 9.96. The van der Waals surface area contributed by atoms with Crippen LogP contribution in [0.4, 0.5) is 0 Å². The molecule has 0 heterocycles. The monoisotopic (exact) mass is 314 g/mol. The minimum absolute atomic E-state index is 0.0118. The number of rotatable bonds is 6. The van der Waals surface area contributed by atoms with Gasteiger partial charge in [0.25, 0.3) is 10.1 Å². The first kappa shape index (κ1) is 17.2. The van der Waals surface area contributed by atoms with Crippen molar-refractivity contribution >= 4 is 29.9 Å². The first-order valence-corrected chi connectivity index (χ1v) is 7.77. The predicted molar refractivity (Wildman–Crippen MR) is 76.7 cm³/mol. The lowest BCUT2D eigenvalue weighted by Gasteiger charge is -2.10. The zero-order chi connectivity index (χ0) is 16.0. The fourth-order valence-electron chi connectivity index (χ4n) is 1.51. The first-order valence-electron chi connectivity index (χ1n) is 6.16. The molecule has 21 heavy (non-hydrogen) atoms. The molecule has 0 saturated heterocycles. The van der Waals surface area contributed by atoms with Crippen LogP contribution in [0.15, 0.2) is 18.2 Å². The maximum atomic E-state index is 11.8. The standard InChI is InChI=1S/C12H15BO7S/c1-8(14)20-11-6-9(7-13)2-3-10(11)12(15)19-4-5-21(16,17)18/h2-3,6H,4-5,7,13H2,1H3,(H,16,17,18). The summed E-state index contributed by atoms with van der Waals surface area (Å²) >= 11 is 0. The average Bonchev–Trinajstić information content (AvgIpc) is 2.36. The van der Waals surface area contributed by atoms with Gasteiger partial charge in [0.15, 0.2) is 0 Å². The van der Waals surface area contributed by atoms with Crippen molar-refractivity contribution in [3.05, 3.63) is 29.3 Å². The Labute approximate surface area is 123 Å². The lowest BCUT2D eigenvalue weighted by Crippen LogP contribution is -2.16. The molecule has 7 nitrogen and oxygen atoms in total. The van der Waals surface area contributed by atoms with E-state index >= 15 is 0 Å². The van der Waals surface area contributed by atoms with E-state index in [0.717, 1.165) is 5.56 Å². The van der Waals surface area contributed by atoms with Gasteiger partial charge in [-0.25, -0.2) is 4.79 Å². The van der Waals surface area contributed by atoms with Gasteiger partial charge < -0.3 is 9.47 Å². The topological polar surface area (TPSA) is 107 Å². The summed E-state index contributed by atoms with van der Waals surface area (Å²) in [4.78, 5) is 22.9. The highest BCUT2D eigenvalue weighted by Crippen LogP contribution is 2.22. The zero-order valence-electron chi connectivity index (χ0n) is 11.7. The first-order chi connectivity index (χ1) is 9.73. The Balaban J connectivity index is 2.89. The summed E-state index contributed by atoms with van der Waals surface area (Å²) in [5.41, 5.74) is 0.874. The fourth-order valence-corrected chi connectivity index (χ4v) is 1.81. The second-order valence-corrected chi connectivity index (χ2v) is 5.77. The van der Waals surface area contributed by atoms with Crippen LogP contribution >= 0.6 is 0 Å². The second-order valence-electron chi connectivity index (χ2n) is 4.20. The molecular weight excluding hydrogens is 299 g/mol. The molecular formula is C12H15BO7S. The Morgan fingerprint density at radius 2 is 2.00 bits per heavy atom. The largest absolute Gasteiger partial charge is 0.461 e. The summed E-state index contributed by atoms with van der Waals surface area (Å²) in [6, 6.07) is 4.65. The van der Waals surface area contributed by atoms with Gasteiger partial charge in [0.2, 0.25) is 0 Å². The number of ether oxygens (including phenoxy) is 2. The van der Waals surface area contributed by atoms with Crippen LogP contribution in [0.25, 0.3) is 0 Å². The van der Waals surface area contributed by atoms with Gasteiger partial charge >= 0.3 is 11.9 Å². The van der Waals surface area contributed by atoms with Gasteiger partial charge in [-0.3, -0.25) is 9.35 Å². The third-order valence-electron chi connectivity index (χ3n) is 2.50. The van der Waals surface area contributed by atoms with Crippen molar-refractivity contribution in [2.24, 2.45) is 0 Å². The molecule has 1 N–H and O–H groups in total. The van der Waals surface area contributed by atoms with E-state index in [-0.39, 0.29) is 11.3 Å². The number of benzene rings is 1. The van der Waals surface area contributed by atoms with Gasteiger partial charge in [0.1, 0.15) is 31.5 Å². The van der Waals surface area contributed by atoms with E-state index in [1.807, 2.05) is 7.85 Å². The Morgan fingerprint density at radius 1 is 1.33 bits per heavy atom. The van der Waals surface area contributed by atoms with Crippen molar-refractivity contribution in [3.63, 3.8) is 0 Å². The molecule has 114 valence electrons. The van der Waals surface area contributed by atoms with E-state index in [1.54, 1.807) is 12.1 Å². The molecule has 1 aromatic rings. The minimum atomic E-state index is -4.20. The van der Waals surface area contributed by atoms with Gasteiger partial charge in [0, 0.05) is 6.92 Å². The fraction of sp³-hybridized carbons (Fsp3) is 0.333. The molecule has 0 bridgehead atoms. The van der Waals surface area contributed by atoms with Crippen LogP contribution in [0.1, 0.15) is 22.8 Å². The molecule has 0 aromatic heterocycles. The Bertz CT molecular complexity index is 639. The van der Waals surface area contributed by atoms with Gasteiger partial charge in [-0.05, 0) is 12.1 Å². The van der Waals surface area contributed by atoms with Crippen LogP contribution < -0.4 is 4.74 Å². The summed E-state index contributed by atoms with van der Waals surface area (Å²) in [6.07, 6.45) is 0.687. The van der Waals surface area contributed by atoms with E-state index in [9.17, 15) is 18.0 Å². The van der Waals surface area contributed by atoms with Crippen LogP contribution in [0, 0.1) is 0 Å². The molecule has 0 fully saturated rings. The zero-order valence-corrected chi connectivity index (χ0v) is 12.5. The molecule has 0 atom stereocenters. The SMILES string of the molecule is BCc1ccc(C(=O)OCCS(=O)(=O)O)c(OC(C)=O)c1. The molecule has 0 aliphatic heterocycles. The van der Waals surface area contributed by atoms with Gasteiger partial charge in [-0.1, -0.05) is 17.9 Å². The Kier molecular flexibility index (Phi) is 5.92. The van der Waals surface area contributed by atoms with Crippen LogP contribution in [0.5, 0.6) is 5.75 Å². The minimum Gasteiger partial charge on any atom is -0.461 e. The maximum Gasteiger partial charge on any atom is 0.341 e. The van der Waals surface area contributed by atoms with Crippen molar-refractivity contribution < 1.29 is 32.0 Å². The molecule has 9 heteroatoms. The molecule has 1 rings (SSSR count). The van der Waals surface area contributed by atoms with Crippen molar-refractivity contribution in [2.45, 2.75) is 13.2 Å². The van der Waals surface area contributed by atoms with Crippen LogP contribution in [-0.2, 0) is 26.0 Å². The van der Waals surface area contributed by atoms with E-state index in [0.29, 0.717) is 6.32 Å². The molecule has 0 radical (unpaired) electrons. The summed E-state index contributed by atoms with van der Waals surface area (Å²) < 4.78 is 39.3. The number of carbonyl (C=O) groups excluding carboxylic acids is 2. The highest BCUT2D eigenvalue weighted by atomic mass is 32.2. The second kappa shape index (κ2) is 7.23. The Hall–Kier alpha value is -1.87. The van der Waals surface area contributed by atoms with E-state index in [1.165, 1.54) is 13.0 Å². The third-order valence-corrected chi connectivity index (χ3v) is 3.18. The summed E-state index contributed by atoms with van der Waals surface area (Å²) in [7, 11) is -2.30. The van der Waals surface area contributed by atoms with Gasteiger partial charge in [0.05, 0.1) is 0 Å². The molecule has 0 spiro atoms. The highest BCUT2D eigenvalue weighted by Gasteiger charge is 2.17. The molecule has 0 aliphatic rings. The molecule has 1 aromatic carbocycles. The van der Waals surface area contributed by atoms with E-state index in [2.05, 4.69) is 0 Å². The molecule has 0 unspecified atom stereocenters.